The molecule has 0 amide bonds. The predicted octanol–water partition coefficient (Wildman–Crippen LogP) is 2.07. The van der Waals surface area contributed by atoms with Crippen molar-refractivity contribution >= 4 is 11.9 Å². The third kappa shape index (κ3) is 22.6. The molecule has 8 heteroatoms. The van der Waals surface area contributed by atoms with Crippen molar-refractivity contribution < 1.29 is 0 Å². The lowest BCUT2D eigenvalue weighted by atomic mass is 10.2. The third-order valence-electron chi connectivity index (χ3n) is 4.80. The van der Waals surface area contributed by atoms with Crippen molar-refractivity contribution in [3.8, 4) is 0 Å². The molecule has 0 spiro atoms. The minimum absolute atomic E-state index is 0.437. The van der Waals surface area contributed by atoms with Crippen LogP contribution in [0.2, 0.25) is 0 Å². The number of rotatable bonds is 20. The van der Waals surface area contributed by atoms with Gasteiger partial charge in [-0.15, -0.1) is 0 Å². The molecule has 0 saturated carbocycles. The molecule has 0 aliphatic heterocycles. The first-order valence-corrected chi connectivity index (χ1v) is 11.7. The minimum Gasteiger partial charge on any atom is -0.357 e. The summed E-state index contributed by atoms with van der Waals surface area (Å²) in [6.45, 7) is 5.30. The number of guanidine groups is 2. The summed E-state index contributed by atoms with van der Waals surface area (Å²) in [7, 11) is 1.99. The van der Waals surface area contributed by atoms with Gasteiger partial charge in [-0.05, 0) is 58.7 Å². The van der Waals surface area contributed by atoms with Crippen LogP contribution in [-0.4, -0.2) is 58.2 Å². The Morgan fingerprint density at radius 1 is 0.517 bits per heavy atom. The molecular formula is C21H48N8. The largest absolute Gasteiger partial charge is 0.357 e. The highest BCUT2D eigenvalue weighted by molar-refractivity contribution is 5.76. The summed E-state index contributed by atoms with van der Waals surface area (Å²) in [5, 5.41) is 31.4. The molecule has 0 aliphatic rings. The second-order valence-electron chi connectivity index (χ2n) is 7.59. The van der Waals surface area contributed by atoms with E-state index in [1.165, 1.54) is 32.1 Å². The Bertz CT molecular complexity index is 376. The fraction of sp³-hybridized carbons (Fsp3) is 0.905. The van der Waals surface area contributed by atoms with E-state index in [2.05, 4.69) is 26.6 Å². The molecule has 0 radical (unpaired) electrons. The SMILES string of the molecule is CNCCCCCCNC(=N)NCCCCCCNC(=N)NCCCCCCN. The zero-order valence-electron chi connectivity index (χ0n) is 18.8. The van der Waals surface area contributed by atoms with E-state index in [0.717, 1.165) is 84.2 Å². The Morgan fingerprint density at radius 3 is 1.14 bits per heavy atom. The van der Waals surface area contributed by atoms with Crippen LogP contribution >= 0.6 is 0 Å². The lowest BCUT2D eigenvalue weighted by Gasteiger charge is -2.11. The van der Waals surface area contributed by atoms with Crippen molar-refractivity contribution in [2.24, 2.45) is 5.73 Å². The van der Waals surface area contributed by atoms with Gasteiger partial charge >= 0.3 is 0 Å². The highest BCUT2D eigenvalue weighted by Crippen LogP contribution is 1.99. The maximum absolute atomic E-state index is 7.85. The summed E-state index contributed by atoms with van der Waals surface area (Å²) in [5.74, 6) is 0.886. The molecule has 0 unspecified atom stereocenters. The molecule has 29 heavy (non-hydrogen) atoms. The average Bonchev–Trinajstić information content (AvgIpc) is 2.71. The maximum atomic E-state index is 7.85. The second kappa shape index (κ2) is 22.7. The zero-order chi connectivity index (χ0) is 21.4. The molecule has 0 aromatic carbocycles. The fourth-order valence-corrected chi connectivity index (χ4v) is 2.99. The first-order valence-electron chi connectivity index (χ1n) is 11.7. The van der Waals surface area contributed by atoms with E-state index in [9.17, 15) is 0 Å². The summed E-state index contributed by atoms with van der Waals surface area (Å²) >= 11 is 0. The standard InChI is InChI=1S/C21H48N8/c1-25-15-9-4-5-11-17-27-21(24)29-19-13-7-6-12-18-28-20(23)26-16-10-3-2-8-14-22/h25H,2-19,22H2,1H3,(H3,23,26,28)(H3,24,27,29). The summed E-state index contributed by atoms with van der Waals surface area (Å²) in [6, 6.07) is 0. The molecule has 0 heterocycles. The Hall–Kier alpha value is -1.54. The molecule has 172 valence electrons. The molecule has 0 rings (SSSR count). The average molecular weight is 413 g/mol. The lowest BCUT2D eigenvalue weighted by Crippen LogP contribution is -2.37. The predicted molar refractivity (Wildman–Crippen MR) is 126 cm³/mol. The highest BCUT2D eigenvalue weighted by Gasteiger charge is 1.97. The van der Waals surface area contributed by atoms with Crippen LogP contribution in [0.4, 0.5) is 0 Å². The monoisotopic (exact) mass is 412 g/mol. The smallest absolute Gasteiger partial charge is 0.188 e. The van der Waals surface area contributed by atoms with E-state index in [1.54, 1.807) is 0 Å². The van der Waals surface area contributed by atoms with Gasteiger partial charge in [-0.25, -0.2) is 0 Å². The van der Waals surface area contributed by atoms with Crippen LogP contribution in [0.1, 0.15) is 77.0 Å². The number of nitrogens with one attached hydrogen (secondary N) is 7. The van der Waals surface area contributed by atoms with Crippen LogP contribution in [0.25, 0.3) is 0 Å². The zero-order valence-corrected chi connectivity index (χ0v) is 18.8. The molecular weight excluding hydrogens is 364 g/mol. The molecule has 0 fully saturated rings. The van der Waals surface area contributed by atoms with E-state index >= 15 is 0 Å². The molecule has 0 aromatic heterocycles. The van der Waals surface area contributed by atoms with Gasteiger partial charge in [0, 0.05) is 26.2 Å². The quantitative estimate of drug-likeness (QED) is 0.0876. The van der Waals surface area contributed by atoms with Crippen LogP contribution in [-0.2, 0) is 0 Å². The maximum Gasteiger partial charge on any atom is 0.188 e. The summed E-state index contributed by atoms with van der Waals surface area (Å²) in [4.78, 5) is 0. The number of unbranched alkanes of at least 4 members (excludes halogenated alkanes) is 9. The normalized spacial score (nSPS) is 10.6. The lowest BCUT2D eigenvalue weighted by molar-refractivity contribution is 0.598. The Balaban J connectivity index is 3.25. The highest BCUT2D eigenvalue weighted by atomic mass is 15.1. The van der Waals surface area contributed by atoms with Crippen LogP contribution in [0.15, 0.2) is 0 Å². The van der Waals surface area contributed by atoms with E-state index in [1.807, 2.05) is 7.05 Å². The first kappa shape index (κ1) is 27.5. The number of hydrogen-bond donors (Lipinski definition) is 8. The van der Waals surface area contributed by atoms with Gasteiger partial charge in [0.1, 0.15) is 0 Å². The molecule has 0 saturated heterocycles. The van der Waals surface area contributed by atoms with Crippen molar-refractivity contribution in [1.82, 2.24) is 26.6 Å². The van der Waals surface area contributed by atoms with E-state index in [4.69, 9.17) is 16.6 Å². The second-order valence-corrected chi connectivity index (χ2v) is 7.59. The van der Waals surface area contributed by atoms with Gasteiger partial charge in [-0.1, -0.05) is 38.5 Å². The first-order chi connectivity index (χ1) is 14.2. The Labute approximate surface area is 178 Å². The molecule has 0 aromatic rings. The van der Waals surface area contributed by atoms with Crippen LogP contribution in [0.5, 0.6) is 0 Å². The molecule has 0 aliphatic carbocycles. The van der Waals surface area contributed by atoms with Crippen molar-refractivity contribution in [2.75, 3.05) is 46.3 Å². The minimum atomic E-state index is 0.437. The molecule has 0 bridgehead atoms. The van der Waals surface area contributed by atoms with Crippen LogP contribution in [0.3, 0.4) is 0 Å². The Kier molecular flexibility index (Phi) is 21.5. The summed E-state index contributed by atoms with van der Waals surface area (Å²) in [5.41, 5.74) is 5.47. The number of nitrogens with two attached hydrogens (primary N) is 1. The molecule has 0 atom stereocenters. The van der Waals surface area contributed by atoms with Crippen LogP contribution < -0.4 is 32.3 Å². The van der Waals surface area contributed by atoms with Gasteiger partial charge in [0.25, 0.3) is 0 Å². The Morgan fingerprint density at radius 2 is 0.828 bits per heavy atom. The van der Waals surface area contributed by atoms with Crippen molar-refractivity contribution in [2.45, 2.75) is 77.0 Å². The number of hydrogen-bond acceptors (Lipinski definition) is 4. The van der Waals surface area contributed by atoms with E-state index in [0.29, 0.717) is 11.9 Å². The molecule has 9 N–H and O–H groups in total. The van der Waals surface area contributed by atoms with Gasteiger partial charge in [-0.3, -0.25) is 10.8 Å². The summed E-state index contributed by atoms with van der Waals surface area (Å²) in [6.07, 6.45) is 13.8. The van der Waals surface area contributed by atoms with Crippen molar-refractivity contribution in [1.29, 1.82) is 10.8 Å². The fourth-order valence-electron chi connectivity index (χ4n) is 2.99. The molecule has 8 nitrogen and oxygen atoms in total. The van der Waals surface area contributed by atoms with Gasteiger partial charge in [0.2, 0.25) is 0 Å². The van der Waals surface area contributed by atoms with Gasteiger partial charge in [-0.2, -0.15) is 0 Å². The van der Waals surface area contributed by atoms with Crippen molar-refractivity contribution in [3.63, 3.8) is 0 Å². The van der Waals surface area contributed by atoms with Crippen LogP contribution in [0, 0.1) is 10.8 Å². The van der Waals surface area contributed by atoms with E-state index < -0.39 is 0 Å². The summed E-state index contributed by atoms with van der Waals surface area (Å²) < 4.78 is 0. The van der Waals surface area contributed by atoms with Crippen molar-refractivity contribution in [3.05, 3.63) is 0 Å². The van der Waals surface area contributed by atoms with Gasteiger partial charge < -0.3 is 32.3 Å². The van der Waals surface area contributed by atoms with E-state index in [-0.39, 0.29) is 0 Å². The van der Waals surface area contributed by atoms with Gasteiger partial charge in [0.15, 0.2) is 11.9 Å². The topological polar surface area (TPSA) is 134 Å². The van der Waals surface area contributed by atoms with Gasteiger partial charge in [0.05, 0.1) is 0 Å². The third-order valence-corrected chi connectivity index (χ3v) is 4.80.